The topological polar surface area (TPSA) is 9.23 Å². The molecule has 1 nitrogen and oxygen atoms in total. The molecule has 0 aliphatic heterocycles. The molecule has 0 bridgehead atoms. The van der Waals surface area contributed by atoms with Gasteiger partial charge in [-0.05, 0) is 25.0 Å². The van der Waals surface area contributed by atoms with E-state index < -0.39 is 0 Å². The first kappa shape index (κ1) is 12.7. The fraction of sp³-hybridized carbons (Fsp3) is 0.294. The van der Waals surface area contributed by atoms with Crippen LogP contribution in [0.1, 0.15) is 26.7 Å². The Morgan fingerprint density at radius 3 is 2.33 bits per heavy atom. The van der Waals surface area contributed by atoms with Gasteiger partial charge in [0, 0.05) is 5.56 Å². The van der Waals surface area contributed by atoms with E-state index in [9.17, 15) is 0 Å². The average molecular weight is 240 g/mol. The van der Waals surface area contributed by atoms with Crippen molar-refractivity contribution >= 4 is 0 Å². The second-order valence-corrected chi connectivity index (χ2v) is 4.58. The summed E-state index contributed by atoms with van der Waals surface area (Å²) in [6, 6.07) is 18.6. The van der Waals surface area contributed by atoms with E-state index in [1.165, 1.54) is 11.1 Å². The number of para-hydroxylation sites is 1. The van der Waals surface area contributed by atoms with Crippen LogP contribution in [-0.4, -0.2) is 6.10 Å². The first-order valence-electron chi connectivity index (χ1n) is 6.62. The number of benzene rings is 2. The molecule has 1 atom stereocenters. The third-order valence-corrected chi connectivity index (χ3v) is 3.00. The average Bonchev–Trinajstić information content (AvgIpc) is 2.40. The molecule has 0 amide bonds. The SMILES string of the molecule is CCCC(C)Oc1ccccc1-c1ccccc1. The molecule has 94 valence electrons. The Morgan fingerprint density at radius 1 is 0.944 bits per heavy atom. The Labute approximate surface area is 109 Å². The molecule has 0 saturated carbocycles. The predicted molar refractivity (Wildman–Crippen MR) is 76.9 cm³/mol. The lowest BCUT2D eigenvalue weighted by Crippen LogP contribution is -2.11. The van der Waals surface area contributed by atoms with Crippen molar-refractivity contribution in [3.8, 4) is 16.9 Å². The first-order chi connectivity index (χ1) is 8.81. The summed E-state index contributed by atoms with van der Waals surface area (Å²) in [6.07, 6.45) is 2.50. The van der Waals surface area contributed by atoms with E-state index in [0.29, 0.717) is 0 Å². The molecule has 0 radical (unpaired) electrons. The van der Waals surface area contributed by atoms with Crippen LogP contribution in [0, 0.1) is 0 Å². The third kappa shape index (κ3) is 3.13. The summed E-state index contributed by atoms with van der Waals surface area (Å²) in [5, 5.41) is 0. The maximum absolute atomic E-state index is 6.04. The summed E-state index contributed by atoms with van der Waals surface area (Å²) >= 11 is 0. The lowest BCUT2D eigenvalue weighted by atomic mass is 10.0. The van der Waals surface area contributed by atoms with Crippen LogP contribution in [0.5, 0.6) is 5.75 Å². The van der Waals surface area contributed by atoms with Crippen LogP contribution in [0.15, 0.2) is 54.6 Å². The van der Waals surface area contributed by atoms with E-state index in [-0.39, 0.29) is 6.10 Å². The highest BCUT2D eigenvalue weighted by atomic mass is 16.5. The molecule has 0 aliphatic carbocycles. The molecular formula is C17H20O. The number of hydrogen-bond donors (Lipinski definition) is 0. The van der Waals surface area contributed by atoms with Crippen LogP contribution in [0.2, 0.25) is 0 Å². The lowest BCUT2D eigenvalue weighted by Gasteiger charge is -2.17. The quantitative estimate of drug-likeness (QED) is 0.720. The molecule has 2 rings (SSSR count). The molecule has 0 fully saturated rings. The van der Waals surface area contributed by atoms with Crippen molar-refractivity contribution in [2.75, 3.05) is 0 Å². The van der Waals surface area contributed by atoms with Gasteiger partial charge in [-0.15, -0.1) is 0 Å². The second-order valence-electron chi connectivity index (χ2n) is 4.58. The largest absolute Gasteiger partial charge is 0.490 e. The Balaban J connectivity index is 2.26. The van der Waals surface area contributed by atoms with Crippen molar-refractivity contribution in [2.24, 2.45) is 0 Å². The van der Waals surface area contributed by atoms with Gasteiger partial charge in [-0.3, -0.25) is 0 Å². The van der Waals surface area contributed by atoms with Crippen molar-refractivity contribution in [1.29, 1.82) is 0 Å². The van der Waals surface area contributed by atoms with Crippen LogP contribution in [0.3, 0.4) is 0 Å². The molecule has 0 aliphatic rings. The van der Waals surface area contributed by atoms with Gasteiger partial charge in [0.1, 0.15) is 5.75 Å². The smallest absolute Gasteiger partial charge is 0.127 e. The standard InChI is InChI=1S/C17H20O/c1-3-9-14(2)18-17-13-8-7-12-16(17)15-10-5-4-6-11-15/h4-8,10-14H,3,9H2,1-2H3. The molecular weight excluding hydrogens is 220 g/mol. The highest BCUT2D eigenvalue weighted by Crippen LogP contribution is 2.30. The van der Waals surface area contributed by atoms with E-state index in [1.54, 1.807) is 0 Å². The molecule has 1 unspecified atom stereocenters. The highest BCUT2D eigenvalue weighted by molar-refractivity contribution is 5.70. The van der Waals surface area contributed by atoms with Crippen molar-refractivity contribution in [1.82, 2.24) is 0 Å². The van der Waals surface area contributed by atoms with Gasteiger partial charge in [-0.2, -0.15) is 0 Å². The fourth-order valence-electron chi connectivity index (χ4n) is 2.11. The van der Waals surface area contributed by atoms with Gasteiger partial charge in [0.25, 0.3) is 0 Å². The number of ether oxygens (including phenoxy) is 1. The molecule has 18 heavy (non-hydrogen) atoms. The third-order valence-electron chi connectivity index (χ3n) is 3.00. The monoisotopic (exact) mass is 240 g/mol. The van der Waals surface area contributed by atoms with Crippen LogP contribution < -0.4 is 4.74 Å². The summed E-state index contributed by atoms with van der Waals surface area (Å²) in [7, 11) is 0. The van der Waals surface area contributed by atoms with E-state index in [0.717, 1.165) is 18.6 Å². The zero-order chi connectivity index (χ0) is 12.8. The van der Waals surface area contributed by atoms with Crippen LogP contribution >= 0.6 is 0 Å². The number of hydrogen-bond acceptors (Lipinski definition) is 1. The van der Waals surface area contributed by atoms with Crippen LogP contribution in [0.25, 0.3) is 11.1 Å². The molecule has 0 heterocycles. The molecule has 1 heteroatoms. The minimum Gasteiger partial charge on any atom is -0.490 e. The lowest BCUT2D eigenvalue weighted by molar-refractivity contribution is 0.211. The summed E-state index contributed by atoms with van der Waals surface area (Å²) in [6.45, 7) is 4.31. The molecule has 0 saturated heterocycles. The highest BCUT2D eigenvalue weighted by Gasteiger charge is 2.08. The van der Waals surface area contributed by atoms with Crippen LogP contribution in [0.4, 0.5) is 0 Å². The molecule has 0 aromatic heterocycles. The zero-order valence-electron chi connectivity index (χ0n) is 11.1. The van der Waals surface area contributed by atoms with E-state index >= 15 is 0 Å². The van der Waals surface area contributed by atoms with Gasteiger partial charge >= 0.3 is 0 Å². The Bertz CT molecular complexity index is 476. The van der Waals surface area contributed by atoms with Crippen molar-refractivity contribution < 1.29 is 4.74 Å². The Kier molecular flexibility index (Phi) is 4.40. The van der Waals surface area contributed by atoms with Crippen molar-refractivity contribution in [3.63, 3.8) is 0 Å². The van der Waals surface area contributed by atoms with Crippen molar-refractivity contribution in [3.05, 3.63) is 54.6 Å². The van der Waals surface area contributed by atoms with E-state index in [1.807, 2.05) is 12.1 Å². The normalized spacial score (nSPS) is 12.1. The molecule has 2 aromatic carbocycles. The van der Waals surface area contributed by atoms with Gasteiger partial charge in [-0.1, -0.05) is 61.9 Å². The van der Waals surface area contributed by atoms with Gasteiger partial charge in [0.05, 0.1) is 6.10 Å². The van der Waals surface area contributed by atoms with E-state index in [2.05, 4.69) is 56.3 Å². The minimum atomic E-state index is 0.264. The first-order valence-corrected chi connectivity index (χ1v) is 6.62. The molecule has 0 N–H and O–H groups in total. The van der Waals surface area contributed by atoms with Gasteiger partial charge in [0.15, 0.2) is 0 Å². The van der Waals surface area contributed by atoms with Gasteiger partial charge in [-0.25, -0.2) is 0 Å². The molecule has 0 spiro atoms. The summed E-state index contributed by atoms with van der Waals surface area (Å²) < 4.78 is 6.04. The summed E-state index contributed by atoms with van der Waals surface area (Å²) in [4.78, 5) is 0. The maximum Gasteiger partial charge on any atom is 0.127 e. The second kappa shape index (κ2) is 6.25. The van der Waals surface area contributed by atoms with Crippen LogP contribution in [-0.2, 0) is 0 Å². The summed E-state index contributed by atoms with van der Waals surface area (Å²) in [5.74, 6) is 0.977. The van der Waals surface area contributed by atoms with Crippen molar-refractivity contribution in [2.45, 2.75) is 32.8 Å². The Morgan fingerprint density at radius 2 is 1.61 bits per heavy atom. The number of rotatable bonds is 5. The fourth-order valence-corrected chi connectivity index (χ4v) is 2.11. The Hall–Kier alpha value is -1.76. The molecule has 2 aromatic rings. The summed E-state index contributed by atoms with van der Waals surface area (Å²) in [5.41, 5.74) is 2.37. The zero-order valence-corrected chi connectivity index (χ0v) is 11.1. The van der Waals surface area contributed by atoms with Gasteiger partial charge < -0.3 is 4.74 Å². The predicted octanol–water partition coefficient (Wildman–Crippen LogP) is 4.92. The maximum atomic E-state index is 6.04. The van der Waals surface area contributed by atoms with E-state index in [4.69, 9.17) is 4.74 Å². The van der Waals surface area contributed by atoms with Gasteiger partial charge in [0.2, 0.25) is 0 Å². The minimum absolute atomic E-state index is 0.264.